The fourth-order valence-corrected chi connectivity index (χ4v) is 4.47. The zero-order valence-corrected chi connectivity index (χ0v) is 15.4. The van der Waals surface area contributed by atoms with E-state index in [4.69, 9.17) is 0 Å². The minimum atomic E-state index is -0.195. The van der Waals surface area contributed by atoms with Crippen molar-refractivity contribution in [3.05, 3.63) is 35.9 Å². The molecule has 25 heavy (non-hydrogen) atoms. The van der Waals surface area contributed by atoms with Gasteiger partial charge in [-0.1, -0.05) is 18.2 Å². The number of likely N-dealkylation sites (N-methyl/N-ethyl adjacent to an activating group) is 1. The van der Waals surface area contributed by atoms with Crippen LogP contribution in [0.25, 0.3) is 0 Å². The number of nitrogens with zero attached hydrogens (tertiary/aromatic N) is 2. The van der Waals surface area contributed by atoms with Crippen molar-refractivity contribution in [3.63, 3.8) is 0 Å². The van der Waals surface area contributed by atoms with Crippen LogP contribution in [0.15, 0.2) is 30.3 Å². The molecule has 0 aromatic heterocycles. The van der Waals surface area contributed by atoms with Crippen LogP contribution in [0.2, 0.25) is 0 Å². The molecule has 0 bridgehead atoms. The number of fused-ring (bicyclic) bond motifs is 1. The molecule has 2 aliphatic rings. The van der Waals surface area contributed by atoms with Crippen LogP contribution in [-0.2, 0) is 4.79 Å². The lowest BCUT2D eigenvalue weighted by Crippen LogP contribution is -2.42. The minimum Gasteiger partial charge on any atom is -0.343 e. The van der Waals surface area contributed by atoms with Gasteiger partial charge in [0, 0.05) is 24.7 Å². The number of amides is 2. The standard InChI is InChI=1S/C20H29N3O2/c1-22(2)17-9-15-11-18(12-16(15)10-17)23(3)19(24)13-21-20(25)14-7-5-4-6-8-14/h4-8,15-18H,9-13H2,1-3H3,(H,21,25)/t15-,16+,17?,18?. The molecule has 2 saturated carbocycles. The summed E-state index contributed by atoms with van der Waals surface area (Å²) in [4.78, 5) is 28.7. The van der Waals surface area contributed by atoms with E-state index in [1.807, 2.05) is 30.1 Å². The molecule has 4 atom stereocenters. The smallest absolute Gasteiger partial charge is 0.251 e. The molecule has 2 unspecified atom stereocenters. The molecule has 5 heteroatoms. The molecular formula is C20H29N3O2. The number of benzene rings is 1. The molecule has 5 nitrogen and oxygen atoms in total. The molecule has 3 rings (SSSR count). The van der Waals surface area contributed by atoms with E-state index in [9.17, 15) is 9.59 Å². The number of rotatable bonds is 5. The Morgan fingerprint density at radius 1 is 0.960 bits per heavy atom. The molecule has 0 saturated heterocycles. The third kappa shape index (κ3) is 4.03. The van der Waals surface area contributed by atoms with Gasteiger partial charge in [0.05, 0.1) is 6.54 Å². The first-order chi connectivity index (χ1) is 12.0. The van der Waals surface area contributed by atoms with E-state index in [2.05, 4.69) is 24.3 Å². The van der Waals surface area contributed by atoms with Gasteiger partial charge in [-0.2, -0.15) is 0 Å². The lowest BCUT2D eigenvalue weighted by Gasteiger charge is -2.27. The molecule has 1 N–H and O–H groups in total. The zero-order valence-electron chi connectivity index (χ0n) is 15.4. The summed E-state index contributed by atoms with van der Waals surface area (Å²) in [5.74, 6) is 1.29. The van der Waals surface area contributed by atoms with Crippen LogP contribution in [0.5, 0.6) is 0 Å². The van der Waals surface area contributed by atoms with Crippen LogP contribution in [0.4, 0.5) is 0 Å². The van der Waals surface area contributed by atoms with Crippen LogP contribution >= 0.6 is 0 Å². The van der Waals surface area contributed by atoms with Crippen molar-refractivity contribution in [2.45, 2.75) is 37.8 Å². The Morgan fingerprint density at radius 2 is 1.52 bits per heavy atom. The summed E-state index contributed by atoms with van der Waals surface area (Å²) in [7, 11) is 6.20. The fraction of sp³-hybridized carbons (Fsp3) is 0.600. The summed E-state index contributed by atoms with van der Waals surface area (Å²) >= 11 is 0. The predicted octanol–water partition coefficient (Wildman–Crippen LogP) is 1.99. The minimum absolute atomic E-state index is 0.00147. The number of nitrogens with one attached hydrogen (secondary N) is 1. The Bertz CT molecular complexity index is 603. The molecule has 2 amide bonds. The van der Waals surface area contributed by atoms with Gasteiger partial charge in [-0.05, 0) is 63.7 Å². The van der Waals surface area contributed by atoms with Crippen molar-refractivity contribution in [1.82, 2.24) is 15.1 Å². The maximum absolute atomic E-state index is 12.5. The summed E-state index contributed by atoms with van der Waals surface area (Å²) in [6.07, 6.45) is 4.70. The van der Waals surface area contributed by atoms with Crippen molar-refractivity contribution in [1.29, 1.82) is 0 Å². The average molecular weight is 343 g/mol. The van der Waals surface area contributed by atoms with Gasteiger partial charge in [-0.15, -0.1) is 0 Å². The maximum atomic E-state index is 12.5. The Balaban J connectivity index is 1.47. The Kier molecular flexibility index (Phi) is 5.42. The second-order valence-electron chi connectivity index (χ2n) is 7.79. The first kappa shape index (κ1) is 17.9. The van der Waals surface area contributed by atoms with Gasteiger partial charge in [0.1, 0.15) is 0 Å². The summed E-state index contributed by atoms with van der Waals surface area (Å²) < 4.78 is 0. The van der Waals surface area contributed by atoms with Gasteiger partial charge in [0.2, 0.25) is 5.91 Å². The number of hydrogen-bond donors (Lipinski definition) is 1. The Morgan fingerprint density at radius 3 is 2.08 bits per heavy atom. The third-order valence-corrected chi connectivity index (χ3v) is 6.07. The molecule has 2 aliphatic carbocycles. The van der Waals surface area contributed by atoms with Gasteiger partial charge in [-0.25, -0.2) is 0 Å². The van der Waals surface area contributed by atoms with Crippen molar-refractivity contribution < 1.29 is 9.59 Å². The van der Waals surface area contributed by atoms with E-state index in [-0.39, 0.29) is 18.4 Å². The second-order valence-corrected chi connectivity index (χ2v) is 7.79. The summed E-state index contributed by atoms with van der Waals surface area (Å²) in [5.41, 5.74) is 0.586. The summed E-state index contributed by atoms with van der Waals surface area (Å²) in [6.45, 7) is 0.0659. The van der Waals surface area contributed by atoms with Gasteiger partial charge < -0.3 is 15.1 Å². The monoisotopic (exact) mass is 343 g/mol. The highest BCUT2D eigenvalue weighted by atomic mass is 16.2. The third-order valence-electron chi connectivity index (χ3n) is 6.07. The molecule has 0 radical (unpaired) electrons. The topological polar surface area (TPSA) is 52.6 Å². The summed E-state index contributed by atoms with van der Waals surface area (Å²) in [6, 6.07) is 10.0. The van der Waals surface area contributed by atoms with Crippen LogP contribution in [-0.4, -0.2) is 61.4 Å². The SMILES string of the molecule is CN(C)C1C[C@@H]2CC(N(C)C(=O)CNC(=O)c3ccccc3)C[C@@H]2C1. The fourth-order valence-electron chi connectivity index (χ4n) is 4.47. The summed E-state index contributed by atoms with van der Waals surface area (Å²) in [5, 5.41) is 2.74. The maximum Gasteiger partial charge on any atom is 0.251 e. The number of carbonyl (C=O) groups excluding carboxylic acids is 2. The number of hydrogen-bond acceptors (Lipinski definition) is 3. The van der Waals surface area contributed by atoms with Crippen molar-refractivity contribution in [2.24, 2.45) is 11.8 Å². The second kappa shape index (κ2) is 7.56. The first-order valence-corrected chi connectivity index (χ1v) is 9.21. The lowest BCUT2D eigenvalue weighted by molar-refractivity contribution is -0.130. The molecule has 0 spiro atoms. The Hall–Kier alpha value is -1.88. The molecule has 1 aromatic carbocycles. The van der Waals surface area contributed by atoms with Crippen LogP contribution < -0.4 is 5.32 Å². The highest BCUT2D eigenvalue weighted by molar-refractivity contribution is 5.96. The predicted molar refractivity (Wildman–Crippen MR) is 98.3 cm³/mol. The van der Waals surface area contributed by atoms with Crippen LogP contribution in [0.3, 0.4) is 0 Å². The van der Waals surface area contributed by atoms with E-state index in [1.54, 1.807) is 12.1 Å². The van der Waals surface area contributed by atoms with E-state index < -0.39 is 0 Å². The van der Waals surface area contributed by atoms with Gasteiger partial charge in [-0.3, -0.25) is 9.59 Å². The van der Waals surface area contributed by atoms with E-state index in [1.165, 1.54) is 12.8 Å². The van der Waals surface area contributed by atoms with Gasteiger partial charge in [0.25, 0.3) is 5.91 Å². The molecular weight excluding hydrogens is 314 g/mol. The lowest BCUT2D eigenvalue weighted by atomic mass is 10.0. The molecule has 1 aromatic rings. The van der Waals surface area contributed by atoms with Gasteiger partial charge >= 0.3 is 0 Å². The van der Waals surface area contributed by atoms with Crippen molar-refractivity contribution in [3.8, 4) is 0 Å². The highest BCUT2D eigenvalue weighted by Crippen LogP contribution is 2.46. The first-order valence-electron chi connectivity index (χ1n) is 9.21. The van der Waals surface area contributed by atoms with E-state index in [0.29, 0.717) is 17.6 Å². The highest BCUT2D eigenvalue weighted by Gasteiger charge is 2.43. The van der Waals surface area contributed by atoms with E-state index >= 15 is 0 Å². The molecule has 2 fully saturated rings. The average Bonchev–Trinajstić information content (AvgIpc) is 3.18. The zero-order chi connectivity index (χ0) is 18.0. The van der Waals surface area contributed by atoms with Crippen LogP contribution in [0, 0.1) is 11.8 Å². The van der Waals surface area contributed by atoms with Gasteiger partial charge in [0.15, 0.2) is 0 Å². The van der Waals surface area contributed by atoms with E-state index in [0.717, 1.165) is 24.7 Å². The Labute approximate surface area is 150 Å². The molecule has 0 aliphatic heterocycles. The largest absolute Gasteiger partial charge is 0.343 e. The quantitative estimate of drug-likeness (QED) is 0.890. The van der Waals surface area contributed by atoms with Crippen LogP contribution in [0.1, 0.15) is 36.0 Å². The molecule has 136 valence electrons. The molecule has 0 heterocycles. The number of carbonyl (C=O) groups is 2. The van der Waals surface area contributed by atoms with Crippen molar-refractivity contribution in [2.75, 3.05) is 27.7 Å². The van der Waals surface area contributed by atoms with Crippen molar-refractivity contribution >= 4 is 11.8 Å². The normalized spacial score (nSPS) is 28.0.